The monoisotopic (exact) mass is 443 g/mol. The zero-order chi connectivity index (χ0) is 16.7. The fraction of sp³-hybridized carbons (Fsp3) is 0.294. The van der Waals surface area contributed by atoms with Gasteiger partial charge in [0, 0.05) is 27.7 Å². The highest BCUT2D eigenvalue weighted by Crippen LogP contribution is 2.07. The lowest BCUT2D eigenvalue weighted by atomic mass is 10.2. The molecular weight excluding hydrogens is 420 g/mol. The number of aromatic nitrogens is 1. The molecule has 0 aliphatic carbocycles. The van der Waals surface area contributed by atoms with Gasteiger partial charge in [-0.2, -0.15) is 0 Å². The molecule has 5 nitrogen and oxygen atoms in total. The van der Waals surface area contributed by atoms with Crippen molar-refractivity contribution in [1.29, 1.82) is 0 Å². The fourth-order valence-corrected chi connectivity index (χ4v) is 2.04. The Morgan fingerprint density at radius 2 is 1.83 bits per heavy atom. The van der Waals surface area contributed by atoms with Gasteiger partial charge in [-0.25, -0.2) is 9.37 Å². The number of halogens is 2. The van der Waals surface area contributed by atoms with E-state index < -0.39 is 0 Å². The minimum absolute atomic E-state index is 0. The van der Waals surface area contributed by atoms with Crippen LogP contribution in [0, 0.1) is 5.82 Å². The van der Waals surface area contributed by atoms with E-state index in [1.54, 1.807) is 13.1 Å². The second-order valence-corrected chi connectivity index (χ2v) is 5.29. The molecule has 130 valence electrons. The van der Waals surface area contributed by atoms with Crippen molar-refractivity contribution in [3.05, 3.63) is 59.5 Å². The van der Waals surface area contributed by atoms with Crippen LogP contribution < -0.4 is 15.5 Å². The molecule has 24 heavy (non-hydrogen) atoms. The minimum Gasteiger partial charge on any atom is -0.363 e. The molecule has 0 saturated carbocycles. The van der Waals surface area contributed by atoms with Crippen LogP contribution in [0.4, 0.5) is 10.2 Å². The molecule has 0 fully saturated rings. The molecule has 2 rings (SSSR count). The van der Waals surface area contributed by atoms with E-state index in [0.29, 0.717) is 19.0 Å². The van der Waals surface area contributed by atoms with Gasteiger partial charge in [0.25, 0.3) is 0 Å². The van der Waals surface area contributed by atoms with Crippen molar-refractivity contribution in [3.8, 4) is 0 Å². The summed E-state index contributed by atoms with van der Waals surface area (Å²) in [4.78, 5) is 10.7. The lowest BCUT2D eigenvalue weighted by Gasteiger charge is -2.14. The molecule has 0 saturated heterocycles. The summed E-state index contributed by atoms with van der Waals surface area (Å²) in [5.74, 6) is 1.32. The number of nitrogens with zero attached hydrogens (tertiary/aromatic N) is 3. The Bertz CT molecular complexity index is 676. The first-order chi connectivity index (χ1) is 11.1. The first kappa shape index (κ1) is 20.1. The van der Waals surface area contributed by atoms with Crippen molar-refractivity contribution in [1.82, 2.24) is 15.6 Å². The summed E-state index contributed by atoms with van der Waals surface area (Å²) in [5, 5.41) is 6.36. The van der Waals surface area contributed by atoms with E-state index in [2.05, 4.69) is 20.6 Å². The Morgan fingerprint density at radius 3 is 2.50 bits per heavy atom. The van der Waals surface area contributed by atoms with Crippen LogP contribution in [-0.2, 0) is 13.1 Å². The Morgan fingerprint density at radius 1 is 1.12 bits per heavy atom. The van der Waals surface area contributed by atoms with Crippen LogP contribution in [0.3, 0.4) is 0 Å². The number of hydrogen-bond donors (Lipinski definition) is 2. The second-order valence-electron chi connectivity index (χ2n) is 5.29. The quantitative estimate of drug-likeness (QED) is 0.424. The maximum Gasteiger partial charge on any atom is 0.191 e. The topological polar surface area (TPSA) is 52.6 Å². The van der Waals surface area contributed by atoms with Gasteiger partial charge in [-0.1, -0.05) is 18.2 Å². The van der Waals surface area contributed by atoms with Gasteiger partial charge >= 0.3 is 0 Å². The van der Waals surface area contributed by atoms with Gasteiger partial charge in [-0.05, 0) is 29.8 Å². The number of hydrogen-bond acceptors (Lipinski definition) is 3. The lowest BCUT2D eigenvalue weighted by molar-refractivity contribution is 0.624. The molecule has 0 atom stereocenters. The largest absolute Gasteiger partial charge is 0.363 e. The van der Waals surface area contributed by atoms with E-state index in [1.807, 2.05) is 43.3 Å². The second kappa shape index (κ2) is 10.1. The van der Waals surface area contributed by atoms with E-state index in [0.717, 1.165) is 17.1 Å². The molecule has 0 amide bonds. The third-order valence-corrected chi connectivity index (χ3v) is 3.26. The van der Waals surface area contributed by atoms with Gasteiger partial charge < -0.3 is 15.5 Å². The number of pyridine rings is 1. The van der Waals surface area contributed by atoms with Crippen LogP contribution in [0.1, 0.15) is 11.3 Å². The highest BCUT2D eigenvalue weighted by molar-refractivity contribution is 14.0. The van der Waals surface area contributed by atoms with Crippen LogP contribution in [0.5, 0.6) is 0 Å². The number of rotatable bonds is 5. The fourth-order valence-electron chi connectivity index (χ4n) is 2.04. The van der Waals surface area contributed by atoms with Crippen LogP contribution in [-0.4, -0.2) is 32.1 Å². The minimum atomic E-state index is -0.239. The Labute approximate surface area is 159 Å². The summed E-state index contributed by atoms with van der Waals surface area (Å²) in [6, 6.07) is 12.4. The maximum atomic E-state index is 13.2. The smallest absolute Gasteiger partial charge is 0.191 e. The zero-order valence-electron chi connectivity index (χ0n) is 14.1. The molecule has 7 heteroatoms. The molecule has 2 N–H and O–H groups in total. The molecule has 0 spiro atoms. The third kappa shape index (κ3) is 6.31. The molecule has 0 radical (unpaired) electrons. The summed E-state index contributed by atoms with van der Waals surface area (Å²) in [5.41, 5.74) is 1.78. The average Bonchev–Trinajstić information content (AvgIpc) is 2.55. The van der Waals surface area contributed by atoms with Crippen LogP contribution in [0.15, 0.2) is 47.5 Å². The molecule has 1 heterocycles. The molecule has 1 aromatic carbocycles. The molecule has 0 aliphatic heterocycles. The van der Waals surface area contributed by atoms with E-state index in [-0.39, 0.29) is 29.8 Å². The molecule has 2 aromatic rings. The average molecular weight is 443 g/mol. The maximum absolute atomic E-state index is 13.2. The van der Waals surface area contributed by atoms with Crippen molar-refractivity contribution >= 4 is 35.8 Å². The number of anilines is 1. The van der Waals surface area contributed by atoms with Gasteiger partial charge in [0.05, 0.1) is 12.2 Å². The number of aliphatic imine (C=N–C) groups is 1. The van der Waals surface area contributed by atoms with Crippen LogP contribution in [0.25, 0.3) is 0 Å². The third-order valence-electron chi connectivity index (χ3n) is 3.26. The van der Waals surface area contributed by atoms with Gasteiger partial charge in [-0.3, -0.25) is 4.99 Å². The van der Waals surface area contributed by atoms with E-state index in [4.69, 9.17) is 0 Å². The predicted molar refractivity (Wildman–Crippen MR) is 107 cm³/mol. The molecule has 0 aliphatic rings. The van der Waals surface area contributed by atoms with Crippen LogP contribution >= 0.6 is 24.0 Å². The van der Waals surface area contributed by atoms with Crippen molar-refractivity contribution in [2.75, 3.05) is 26.0 Å². The number of nitrogens with one attached hydrogen (secondary N) is 2. The molecular formula is C17H23FIN5. The summed E-state index contributed by atoms with van der Waals surface area (Å²) in [6.07, 6.45) is 0. The molecule has 0 unspecified atom stereocenters. The number of benzene rings is 1. The molecule has 1 aromatic heterocycles. The van der Waals surface area contributed by atoms with Gasteiger partial charge in [0.2, 0.25) is 0 Å². The lowest BCUT2D eigenvalue weighted by Crippen LogP contribution is -2.36. The van der Waals surface area contributed by atoms with Gasteiger partial charge in [0.1, 0.15) is 11.6 Å². The SMILES string of the molecule is CN=C(NCc1cccc(F)c1)NCc1cccc(N(C)C)n1.I. The van der Waals surface area contributed by atoms with E-state index in [1.165, 1.54) is 12.1 Å². The van der Waals surface area contributed by atoms with Crippen molar-refractivity contribution in [2.24, 2.45) is 4.99 Å². The van der Waals surface area contributed by atoms with E-state index in [9.17, 15) is 4.39 Å². The summed E-state index contributed by atoms with van der Waals surface area (Å²) < 4.78 is 13.2. The summed E-state index contributed by atoms with van der Waals surface area (Å²) in [6.45, 7) is 1.06. The highest BCUT2D eigenvalue weighted by Gasteiger charge is 2.02. The van der Waals surface area contributed by atoms with Crippen molar-refractivity contribution in [2.45, 2.75) is 13.1 Å². The Hall–Kier alpha value is -1.90. The Kier molecular flexibility index (Phi) is 8.45. The summed E-state index contributed by atoms with van der Waals surface area (Å²) >= 11 is 0. The first-order valence-electron chi connectivity index (χ1n) is 7.40. The standard InChI is InChI=1S/C17H22FN5.HI/c1-19-17(20-11-13-6-4-7-14(18)10-13)21-12-15-8-5-9-16(22-15)23(2)3;/h4-10H,11-12H2,1-3H3,(H2,19,20,21);1H. The number of guanidine groups is 1. The van der Waals surface area contributed by atoms with Gasteiger partial charge in [0.15, 0.2) is 5.96 Å². The zero-order valence-corrected chi connectivity index (χ0v) is 16.4. The van der Waals surface area contributed by atoms with Crippen LogP contribution in [0.2, 0.25) is 0 Å². The predicted octanol–water partition coefficient (Wildman–Crippen LogP) is 2.77. The summed E-state index contributed by atoms with van der Waals surface area (Å²) in [7, 11) is 5.61. The molecule has 0 bridgehead atoms. The van der Waals surface area contributed by atoms with Crippen molar-refractivity contribution in [3.63, 3.8) is 0 Å². The highest BCUT2D eigenvalue weighted by atomic mass is 127. The van der Waals surface area contributed by atoms with Gasteiger partial charge in [-0.15, -0.1) is 24.0 Å². The Balaban J connectivity index is 0.00000288. The first-order valence-corrected chi connectivity index (χ1v) is 7.40. The van der Waals surface area contributed by atoms with Crippen molar-refractivity contribution < 1.29 is 4.39 Å². The van der Waals surface area contributed by atoms with E-state index >= 15 is 0 Å². The normalized spacial score (nSPS) is 10.8.